The zero-order valence-corrected chi connectivity index (χ0v) is 17.1. The van der Waals surface area contributed by atoms with E-state index in [-0.39, 0.29) is 5.91 Å². The second-order valence-corrected chi connectivity index (χ2v) is 8.14. The first-order chi connectivity index (χ1) is 13.0. The van der Waals surface area contributed by atoms with Crippen LogP contribution in [0.1, 0.15) is 11.1 Å². The summed E-state index contributed by atoms with van der Waals surface area (Å²) in [5.41, 5.74) is 2.36. The monoisotopic (exact) mass is 398 g/mol. The molecule has 3 nitrogen and oxygen atoms in total. The molecular weight excluding hydrogens is 376 g/mol. The Balaban J connectivity index is 1.55. The molecule has 5 heteroatoms. The van der Waals surface area contributed by atoms with Gasteiger partial charge in [-0.1, -0.05) is 60.1 Å². The molecule has 0 heterocycles. The minimum atomic E-state index is 0.0152. The summed E-state index contributed by atoms with van der Waals surface area (Å²) in [4.78, 5) is 15.4. The Morgan fingerprint density at radius 1 is 1.00 bits per heavy atom. The third-order valence-corrected chi connectivity index (χ3v) is 5.56. The number of nitrogens with one attached hydrogen (secondary N) is 1. The number of benzene rings is 3. The molecule has 0 unspecified atom stereocenters. The number of nitrogens with zero attached hydrogens (tertiary/aromatic N) is 1. The van der Waals surface area contributed by atoms with Gasteiger partial charge in [0.1, 0.15) is 0 Å². The van der Waals surface area contributed by atoms with Crippen LogP contribution in [0.15, 0.2) is 65.6 Å². The molecule has 0 aromatic heterocycles. The van der Waals surface area contributed by atoms with Gasteiger partial charge in [-0.2, -0.15) is 0 Å². The number of halogens is 1. The first kappa shape index (κ1) is 19.7. The summed E-state index contributed by atoms with van der Waals surface area (Å²) in [6.45, 7) is 1.45. The van der Waals surface area contributed by atoms with Gasteiger partial charge in [0.05, 0.1) is 5.75 Å². The van der Waals surface area contributed by atoms with E-state index in [1.54, 1.807) is 0 Å². The summed E-state index contributed by atoms with van der Waals surface area (Å²) >= 11 is 7.86. The van der Waals surface area contributed by atoms with Crippen molar-refractivity contribution < 1.29 is 4.79 Å². The molecule has 0 saturated heterocycles. The van der Waals surface area contributed by atoms with E-state index in [0.717, 1.165) is 27.8 Å². The molecule has 27 heavy (non-hydrogen) atoms. The maximum absolute atomic E-state index is 12.3. The Morgan fingerprint density at radius 3 is 2.37 bits per heavy atom. The average molecular weight is 399 g/mol. The molecule has 0 radical (unpaired) electrons. The molecule has 3 rings (SSSR count). The molecule has 0 atom stereocenters. The van der Waals surface area contributed by atoms with Gasteiger partial charge in [0.15, 0.2) is 0 Å². The van der Waals surface area contributed by atoms with Crippen LogP contribution >= 0.6 is 23.4 Å². The van der Waals surface area contributed by atoms with Gasteiger partial charge in [-0.05, 0) is 42.7 Å². The van der Waals surface area contributed by atoms with Gasteiger partial charge in [0, 0.05) is 28.4 Å². The van der Waals surface area contributed by atoms with E-state index in [9.17, 15) is 4.79 Å². The summed E-state index contributed by atoms with van der Waals surface area (Å²) in [6.07, 6.45) is 0. The van der Waals surface area contributed by atoms with Gasteiger partial charge < -0.3 is 10.2 Å². The van der Waals surface area contributed by atoms with Gasteiger partial charge in [0.25, 0.3) is 0 Å². The van der Waals surface area contributed by atoms with Crippen molar-refractivity contribution in [1.29, 1.82) is 0 Å². The molecular formula is C22H23ClN2OS. The highest BCUT2D eigenvalue weighted by atomic mass is 35.5. The predicted molar refractivity (Wildman–Crippen MR) is 115 cm³/mol. The first-order valence-electron chi connectivity index (χ1n) is 8.82. The van der Waals surface area contributed by atoms with Gasteiger partial charge in [0.2, 0.25) is 5.91 Å². The lowest BCUT2D eigenvalue weighted by molar-refractivity contribution is -0.118. The van der Waals surface area contributed by atoms with Gasteiger partial charge in [-0.3, -0.25) is 4.79 Å². The molecule has 0 spiro atoms. The van der Waals surface area contributed by atoms with Crippen LogP contribution < -0.4 is 5.32 Å². The highest BCUT2D eigenvalue weighted by Gasteiger charge is 2.08. The molecule has 0 aliphatic rings. The van der Waals surface area contributed by atoms with Crippen molar-refractivity contribution in [3.05, 3.63) is 76.8 Å². The van der Waals surface area contributed by atoms with E-state index in [4.69, 9.17) is 11.6 Å². The summed E-state index contributed by atoms with van der Waals surface area (Å²) < 4.78 is 0. The van der Waals surface area contributed by atoms with Gasteiger partial charge in [-0.15, -0.1) is 11.8 Å². The number of rotatable bonds is 7. The minimum Gasteiger partial charge on any atom is -0.351 e. The third kappa shape index (κ3) is 5.48. The van der Waals surface area contributed by atoms with E-state index in [1.165, 1.54) is 17.3 Å². The Bertz CT molecular complexity index is 920. The Morgan fingerprint density at radius 2 is 1.67 bits per heavy atom. The second-order valence-electron chi connectivity index (χ2n) is 6.71. The average Bonchev–Trinajstić information content (AvgIpc) is 2.65. The van der Waals surface area contributed by atoms with Crippen LogP contribution in [-0.4, -0.2) is 30.7 Å². The van der Waals surface area contributed by atoms with E-state index < -0.39 is 0 Å². The molecule has 3 aromatic carbocycles. The number of hydrogen-bond acceptors (Lipinski definition) is 3. The van der Waals surface area contributed by atoms with Crippen LogP contribution in [-0.2, 0) is 17.9 Å². The van der Waals surface area contributed by atoms with E-state index in [0.29, 0.717) is 17.3 Å². The van der Waals surface area contributed by atoms with Crippen molar-refractivity contribution in [3.63, 3.8) is 0 Å². The number of hydrogen-bond donors (Lipinski definition) is 1. The van der Waals surface area contributed by atoms with Crippen molar-refractivity contribution in [2.45, 2.75) is 18.0 Å². The van der Waals surface area contributed by atoms with Crippen molar-refractivity contribution >= 4 is 40.0 Å². The smallest absolute Gasteiger partial charge is 0.230 e. The second kappa shape index (κ2) is 9.27. The largest absolute Gasteiger partial charge is 0.351 e. The predicted octanol–water partition coefficient (Wildman–Crippen LogP) is 4.96. The van der Waals surface area contributed by atoms with Gasteiger partial charge in [-0.25, -0.2) is 0 Å². The highest BCUT2D eigenvalue weighted by molar-refractivity contribution is 8.00. The number of carbonyl (C=O) groups excluding carboxylic acids is 1. The van der Waals surface area contributed by atoms with E-state index in [2.05, 4.69) is 48.6 Å². The van der Waals surface area contributed by atoms with Crippen LogP contribution in [0.2, 0.25) is 5.02 Å². The zero-order valence-electron chi connectivity index (χ0n) is 15.5. The molecule has 1 N–H and O–H groups in total. The summed E-state index contributed by atoms with van der Waals surface area (Å²) in [7, 11) is 4.10. The van der Waals surface area contributed by atoms with E-state index >= 15 is 0 Å². The van der Waals surface area contributed by atoms with Crippen LogP contribution in [0.5, 0.6) is 0 Å². The first-order valence-corrected chi connectivity index (χ1v) is 10.2. The molecule has 0 bridgehead atoms. The van der Waals surface area contributed by atoms with Crippen molar-refractivity contribution in [2.75, 3.05) is 19.8 Å². The molecule has 140 valence electrons. The molecule has 0 saturated carbocycles. The zero-order chi connectivity index (χ0) is 19.2. The number of amides is 1. The summed E-state index contributed by atoms with van der Waals surface area (Å²) in [5.74, 6) is 0.379. The van der Waals surface area contributed by atoms with Crippen LogP contribution in [0.25, 0.3) is 10.8 Å². The molecule has 1 amide bonds. The fourth-order valence-corrected chi connectivity index (χ4v) is 4.18. The van der Waals surface area contributed by atoms with Crippen molar-refractivity contribution in [1.82, 2.24) is 10.2 Å². The Labute approximate surface area is 169 Å². The lowest BCUT2D eigenvalue weighted by Gasteiger charge is -2.11. The molecule has 0 aliphatic heterocycles. The fraction of sp³-hybridized carbons (Fsp3) is 0.227. The maximum atomic E-state index is 12.3. The number of fused-ring (bicyclic) bond motifs is 1. The van der Waals surface area contributed by atoms with Crippen LogP contribution in [0.3, 0.4) is 0 Å². The highest BCUT2D eigenvalue weighted by Crippen LogP contribution is 2.33. The maximum Gasteiger partial charge on any atom is 0.230 e. The standard InChI is InChI=1S/C22H23ClN2OS/c1-25(2)14-17-11-9-16(10-12-17)13-24-21(26)15-27-20-8-4-6-18-5-3-7-19(23)22(18)20/h3-12H,13-15H2,1-2H3,(H,24,26). The third-order valence-electron chi connectivity index (χ3n) is 4.19. The molecule has 3 aromatic rings. The quantitative estimate of drug-likeness (QED) is 0.570. The number of carbonyl (C=O) groups is 1. The summed E-state index contributed by atoms with van der Waals surface area (Å²) in [6, 6.07) is 20.2. The van der Waals surface area contributed by atoms with Gasteiger partial charge >= 0.3 is 0 Å². The van der Waals surface area contributed by atoms with Crippen molar-refractivity contribution in [3.8, 4) is 0 Å². The lowest BCUT2D eigenvalue weighted by atomic mass is 10.1. The summed E-state index contributed by atoms with van der Waals surface area (Å²) in [5, 5.41) is 5.80. The molecule has 0 fully saturated rings. The fourth-order valence-electron chi connectivity index (χ4n) is 2.91. The Kier molecular flexibility index (Phi) is 6.78. The van der Waals surface area contributed by atoms with Crippen LogP contribution in [0, 0.1) is 0 Å². The SMILES string of the molecule is CN(C)Cc1ccc(CNC(=O)CSc2cccc3cccc(Cl)c23)cc1. The Hall–Kier alpha value is -2.01. The lowest BCUT2D eigenvalue weighted by Crippen LogP contribution is -2.24. The van der Waals surface area contributed by atoms with Crippen LogP contribution in [0.4, 0.5) is 0 Å². The minimum absolute atomic E-state index is 0.0152. The van der Waals surface area contributed by atoms with Crippen molar-refractivity contribution in [2.24, 2.45) is 0 Å². The molecule has 0 aliphatic carbocycles. The normalized spacial score (nSPS) is 11.1. The number of thioether (sulfide) groups is 1. The van der Waals surface area contributed by atoms with E-state index in [1.807, 2.05) is 36.4 Å². The topological polar surface area (TPSA) is 32.3 Å².